The molecule has 0 spiro atoms. The monoisotopic (exact) mass is 728 g/mol. The van der Waals surface area contributed by atoms with Gasteiger partial charge in [-0.05, 0) is 0 Å². The third kappa shape index (κ3) is 9.18. The molecule has 1 fully saturated rings. The minimum atomic E-state index is -5.72. The van der Waals surface area contributed by atoms with Gasteiger partial charge in [-0.2, -0.15) is 0 Å². The van der Waals surface area contributed by atoms with E-state index in [4.69, 9.17) is 22.1 Å². The van der Waals surface area contributed by atoms with E-state index < -0.39 is 90.8 Å². The van der Waals surface area contributed by atoms with E-state index in [1.807, 2.05) is 4.98 Å². The van der Waals surface area contributed by atoms with E-state index in [0.29, 0.717) is 0 Å². The number of hydrogen-bond donors (Lipinski definition) is 6. The van der Waals surface area contributed by atoms with Crippen molar-refractivity contribution in [3.05, 3.63) is 27.0 Å². The maximum absolute atomic E-state index is 12.1. The molecule has 1 aliphatic heterocycles. The SMILES string of the molecule is CC(=O)[O][Hg][c]1cn([C@H]2C[C@H](O)[C@@H](COP(=O)(O)OP(=O)(O)OP(=O)(O)O)O2)c(=O)[nH]c1=O. The van der Waals surface area contributed by atoms with Crippen molar-refractivity contribution in [1.29, 1.82) is 0 Å². The molecule has 2 heterocycles. The average molecular weight is 727 g/mol. The normalized spacial score (nSPS) is 24.5. The Bertz CT molecular complexity index is 1140. The first-order chi connectivity index (χ1) is 15.0. The van der Waals surface area contributed by atoms with Crippen molar-refractivity contribution >= 4 is 32.5 Å². The molecule has 1 saturated heterocycles. The van der Waals surface area contributed by atoms with E-state index in [0.717, 1.165) is 17.7 Å². The van der Waals surface area contributed by atoms with Crippen LogP contribution in [0.1, 0.15) is 19.6 Å². The van der Waals surface area contributed by atoms with Crippen molar-refractivity contribution in [2.24, 2.45) is 0 Å². The predicted octanol–water partition coefficient (Wildman–Crippen LogP) is -2.29. The molecule has 0 amide bonds. The van der Waals surface area contributed by atoms with Crippen LogP contribution < -0.4 is 14.3 Å². The standard InChI is InChI=1S/C9H14N2O14P3.C2H4O2.Hg/c12-5-3-8(11-2-1-7(13)10-9(11)14)23-6(5)4-22-27(18,19)25-28(20,21)24-26(15,16)17;1-2(3)4;/h2,5-6,8,12H,3-4H2,(H,18,19)(H,20,21)(H,10,13,14)(H2,15,16,17);1H3,(H,3,4);/q;;+1/p-1/t5-,6+,8+;;/m0../s1. The second-order valence-electron chi connectivity index (χ2n) is 6.42. The molecule has 2 rings (SSSR count). The van der Waals surface area contributed by atoms with Gasteiger partial charge >= 0.3 is 182 Å². The summed E-state index contributed by atoms with van der Waals surface area (Å²) in [6, 6.07) is 0. The Morgan fingerprint density at radius 2 is 1.85 bits per heavy atom. The van der Waals surface area contributed by atoms with Gasteiger partial charge in [0.25, 0.3) is 0 Å². The third-order valence-corrected chi connectivity index (χ3v) is 12.9. The van der Waals surface area contributed by atoms with Crippen LogP contribution in [0.25, 0.3) is 0 Å². The number of rotatable bonds is 10. The third-order valence-electron chi connectivity index (χ3n) is 3.80. The maximum atomic E-state index is 12.1. The van der Waals surface area contributed by atoms with Crippen molar-refractivity contribution in [1.82, 2.24) is 9.55 Å². The van der Waals surface area contributed by atoms with Gasteiger partial charge in [-0.25, -0.2) is 4.57 Å². The van der Waals surface area contributed by atoms with Crippen LogP contribution in [-0.4, -0.2) is 59.0 Å². The van der Waals surface area contributed by atoms with Crippen molar-refractivity contribution in [3.8, 4) is 0 Å². The summed E-state index contributed by atoms with van der Waals surface area (Å²) in [5.74, 6) is -0.590. The van der Waals surface area contributed by atoms with E-state index in [2.05, 4.69) is 13.1 Å². The molecule has 33 heavy (non-hydrogen) atoms. The summed E-state index contributed by atoms with van der Waals surface area (Å²) in [6.07, 6.45) is -3.07. The number of aromatic nitrogens is 2. The Labute approximate surface area is 196 Å². The summed E-state index contributed by atoms with van der Waals surface area (Å²) in [5, 5.41) is 10.1. The van der Waals surface area contributed by atoms with E-state index in [9.17, 15) is 38.1 Å². The Kier molecular flexibility index (Phi) is 9.54. The number of carbonyl (C=O) groups excluding carboxylic acids is 1. The van der Waals surface area contributed by atoms with Gasteiger partial charge in [-0.3, -0.25) is 0 Å². The van der Waals surface area contributed by atoms with Gasteiger partial charge in [0.05, 0.1) is 0 Å². The molecule has 0 radical (unpaired) electrons. The van der Waals surface area contributed by atoms with Gasteiger partial charge in [0.15, 0.2) is 0 Å². The van der Waals surface area contributed by atoms with Gasteiger partial charge in [0.2, 0.25) is 0 Å². The van der Waals surface area contributed by atoms with Crippen molar-refractivity contribution in [2.45, 2.75) is 31.8 Å². The molecule has 2 unspecified atom stereocenters. The van der Waals surface area contributed by atoms with E-state index >= 15 is 0 Å². The van der Waals surface area contributed by atoms with Crippen LogP contribution in [0, 0.1) is 0 Å². The first-order valence-electron chi connectivity index (χ1n) is 8.57. The van der Waals surface area contributed by atoms with Gasteiger partial charge in [0, 0.05) is 0 Å². The number of ether oxygens (including phenoxy) is 1. The van der Waals surface area contributed by atoms with Crippen LogP contribution >= 0.6 is 23.5 Å². The van der Waals surface area contributed by atoms with E-state index in [1.54, 1.807) is 0 Å². The van der Waals surface area contributed by atoms with Gasteiger partial charge in [-0.1, -0.05) is 0 Å². The molecule has 18 nitrogen and oxygen atoms in total. The summed E-state index contributed by atoms with van der Waals surface area (Å²) in [7, 11) is -16.7. The number of hydrogen-bond acceptors (Lipinski definition) is 12. The number of nitrogens with zero attached hydrogens (tertiary/aromatic N) is 1. The molecule has 6 N–H and O–H groups in total. The number of aromatic amines is 1. The number of carbonyl (C=O) groups is 1. The Morgan fingerprint density at radius 3 is 2.42 bits per heavy atom. The quantitative estimate of drug-likeness (QED) is 0.109. The second-order valence-corrected chi connectivity index (χ2v) is 16.0. The summed E-state index contributed by atoms with van der Waals surface area (Å²) in [6.45, 7) is 0.225. The van der Waals surface area contributed by atoms with E-state index in [1.165, 1.54) is 0 Å². The van der Waals surface area contributed by atoms with Crippen LogP contribution in [0.4, 0.5) is 0 Å². The van der Waals surface area contributed by atoms with Crippen molar-refractivity contribution < 1.29 is 88.7 Å². The molecule has 5 atom stereocenters. The minimum absolute atomic E-state index is 0.0969. The molecule has 0 aromatic carbocycles. The average Bonchev–Trinajstić information content (AvgIpc) is 2.96. The molecule has 1 aromatic heterocycles. The molecule has 0 saturated carbocycles. The second kappa shape index (κ2) is 11.0. The van der Waals surface area contributed by atoms with Crippen LogP contribution in [0.5, 0.6) is 0 Å². The number of aliphatic hydroxyl groups excluding tert-OH is 1. The number of phosphoric ester groups is 1. The molecule has 0 bridgehead atoms. The van der Waals surface area contributed by atoms with Crippen molar-refractivity contribution in [2.75, 3.05) is 6.61 Å². The first kappa shape index (κ1) is 28.7. The fourth-order valence-corrected chi connectivity index (χ4v) is 8.86. The Morgan fingerprint density at radius 1 is 1.21 bits per heavy atom. The number of aliphatic hydroxyl groups is 1. The number of phosphoric acid groups is 3. The zero-order valence-electron chi connectivity index (χ0n) is 16.4. The van der Waals surface area contributed by atoms with E-state index in [-0.39, 0.29) is 9.49 Å². The first-order valence-corrected chi connectivity index (χ1v) is 18.1. The fraction of sp³-hybridized carbons (Fsp3) is 0.545. The van der Waals surface area contributed by atoms with Crippen LogP contribution in [0.2, 0.25) is 0 Å². The molecule has 22 heteroatoms. The molecular formula is C11H17HgN2O16P3. The summed E-state index contributed by atoms with van der Waals surface area (Å²) < 4.78 is 56.5. The topological polar surface area (TPSA) is 270 Å². The van der Waals surface area contributed by atoms with Gasteiger partial charge in [-0.15, -0.1) is 0 Å². The van der Waals surface area contributed by atoms with Crippen LogP contribution in [0.15, 0.2) is 15.8 Å². The zero-order chi connectivity index (χ0) is 25.2. The molecule has 184 valence electrons. The van der Waals surface area contributed by atoms with Gasteiger partial charge in [0.1, 0.15) is 0 Å². The van der Waals surface area contributed by atoms with Crippen LogP contribution in [0.3, 0.4) is 0 Å². The van der Waals surface area contributed by atoms with Crippen molar-refractivity contribution in [3.63, 3.8) is 0 Å². The van der Waals surface area contributed by atoms with Crippen LogP contribution in [-0.2, 0) is 64.0 Å². The fourth-order valence-electron chi connectivity index (χ4n) is 2.53. The molecule has 1 aromatic rings. The Hall–Kier alpha value is -0.585. The van der Waals surface area contributed by atoms with Gasteiger partial charge < -0.3 is 9.79 Å². The summed E-state index contributed by atoms with van der Waals surface area (Å²) in [4.78, 5) is 72.5. The molecule has 0 aliphatic carbocycles. The molecule has 1 aliphatic rings. The molecular weight excluding hydrogens is 710 g/mol. The number of nitrogens with one attached hydrogen (secondary N) is 1. The summed E-state index contributed by atoms with van der Waals surface area (Å²) in [5.41, 5.74) is -1.65. The zero-order valence-corrected chi connectivity index (χ0v) is 24.6. The number of H-pyrrole nitrogens is 1. The Balaban J connectivity index is 2.07. The summed E-state index contributed by atoms with van der Waals surface area (Å²) >= 11 is -2.66. The predicted molar refractivity (Wildman–Crippen MR) is 97.1 cm³/mol.